The second-order valence-corrected chi connectivity index (χ2v) is 7.05. The van der Waals surface area contributed by atoms with Gasteiger partial charge in [0, 0.05) is 24.3 Å². The van der Waals surface area contributed by atoms with Crippen molar-refractivity contribution in [3.63, 3.8) is 0 Å². The van der Waals surface area contributed by atoms with Gasteiger partial charge in [0.2, 0.25) is 0 Å². The highest BCUT2D eigenvalue weighted by molar-refractivity contribution is 5.37. The minimum Gasteiger partial charge on any atom is -0.370 e. The van der Waals surface area contributed by atoms with E-state index in [0.29, 0.717) is 23.9 Å². The van der Waals surface area contributed by atoms with Crippen molar-refractivity contribution in [3.05, 3.63) is 23.4 Å². The van der Waals surface area contributed by atoms with Crippen molar-refractivity contribution in [2.45, 2.75) is 65.5 Å². The first-order chi connectivity index (χ1) is 9.47. The van der Waals surface area contributed by atoms with Gasteiger partial charge in [0.1, 0.15) is 0 Å². The van der Waals surface area contributed by atoms with Gasteiger partial charge < -0.3 is 10.2 Å². The van der Waals surface area contributed by atoms with Crippen LogP contribution in [0.2, 0.25) is 0 Å². The van der Waals surface area contributed by atoms with Crippen LogP contribution in [0.5, 0.6) is 0 Å². The van der Waals surface area contributed by atoms with Gasteiger partial charge in [-0.15, -0.1) is 0 Å². The molecule has 0 aromatic rings. The first-order valence-electron chi connectivity index (χ1n) is 8.33. The maximum atomic E-state index is 4.41. The molecule has 2 aliphatic rings. The Morgan fingerprint density at radius 3 is 2.40 bits per heavy atom. The molecule has 1 saturated heterocycles. The van der Waals surface area contributed by atoms with Crippen molar-refractivity contribution >= 4 is 0 Å². The van der Waals surface area contributed by atoms with E-state index in [1.54, 1.807) is 11.3 Å². The highest BCUT2D eigenvalue weighted by Gasteiger charge is 2.36. The van der Waals surface area contributed by atoms with E-state index in [-0.39, 0.29) is 0 Å². The van der Waals surface area contributed by atoms with E-state index >= 15 is 0 Å². The molecule has 0 saturated carbocycles. The van der Waals surface area contributed by atoms with Gasteiger partial charge in [-0.3, -0.25) is 0 Å². The molecule has 0 bridgehead atoms. The van der Waals surface area contributed by atoms with Crippen molar-refractivity contribution in [2.24, 2.45) is 11.8 Å². The van der Waals surface area contributed by atoms with Gasteiger partial charge in [0.15, 0.2) is 0 Å². The molecule has 2 aliphatic heterocycles. The SMILES string of the molecule is C=C1CCC2C(NC)CCCN2C(C(C)C)=C1C(C)C. The van der Waals surface area contributed by atoms with Gasteiger partial charge in [0.25, 0.3) is 0 Å². The van der Waals surface area contributed by atoms with Crippen LogP contribution in [0.1, 0.15) is 53.4 Å². The molecule has 0 aromatic carbocycles. The summed E-state index contributed by atoms with van der Waals surface area (Å²) in [6.07, 6.45) is 5.02. The van der Waals surface area contributed by atoms with E-state index in [0.717, 1.165) is 6.42 Å². The summed E-state index contributed by atoms with van der Waals surface area (Å²) in [5.41, 5.74) is 4.50. The molecule has 2 atom stereocenters. The topological polar surface area (TPSA) is 15.3 Å². The van der Waals surface area contributed by atoms with E-state index < -0.39 is 0 Å². The number of nitrogens with zero attached hydrogens (tertiary/aromatic N) is 1. The summed E-state index contributed by atoms with van der Waals surface area (Å²) in [7, 11) is 2.12. The zero-order chi connectivity index (χ0) is 14.9. The van der Waals surface area contributed by atoms with E-state index in [1.807, 2.05) is 0 Å². The zero-order valence-electron chi connectivity index (χ0n) is 14.0. The number of allylic oxidation sites excluding steroid dienone is 3. The lowest BCUT2D eigenvalue weighted by atomic mass is 9.89. The molecule has 20 heavy (non-hydrogen) atoms. The zero-order valence-corrected chi connectivity index (χ0v) is 14.0. The molecule has 1 N–H and O–H groups in total. The van der Waals surface area contributed by atoms with E-state index in [1.165, 1.54) is 31.4 Å². The fourth-order valence-corrected chi connectivity index (χ4v) is 4.19. The van der Waals surface area contributed by atoms with Gasteiger partial charge in [-0.05, 0) is 55.7 Å². The number of hydrogen-bond acceptors (Lipinski definition) is 2. The maximum absolute atomic E-state index is 4.41. The predicted octanol–water partition coefficient (Wildman–Crippen LogP) is 3.95. The second kappa shape index (κ2) is 6.34. The predicted molar refractivity (Wildman–Crippen MR) is 87.7 cm³/mol. The average Bonchev–Trinajstić information content (AvgIpc) is 2.55. The quantitative estimate of drug-likeness (QED) is 0.839. The first kappa shape index (κ1) is 15.6. The van der Waals surface area contributed by atoms with Crippen LogP contribution in [0.3, 0.4) is 0 Å². The Balaban J connectivity index is 2.47. The van der Waals surface area contributed by atoms with Gasteiger partial charge in [-0.1, -0.05) is 34.3 Å². The number of likely N-dealkylation sites (N-methyl/N-ethyl adjacent to an activating group) is 1. The Bertz CT molecular complexity index is 392. The van der Waals surface area contributed by atoms with Crippen LogP contribution in [-0.4, -0.2) is 30.6 Å². The number of piperidine rings is 1. The Labute approximate surface area is 125 Å². The highest BCUT2D eigenvalue weighted by atomic mass is 15.2. The Hall–Kier alpha value is -0.760. The fraction of sp³-hybridized carbons (Fsp3) is 0.778. The molecule has 2 rings (SSSR count). The fourth-order valence-electron chi connectivity index (χ4n) is 4.19. The Morgan fingerprint density at radius 2 is 1.85 bits per heavy atom. The van der Waals surface area contributed by atoms with Gasteiger partial charge in [0.05, 0.1) is 0 Å². The monoisotopic (exact) mass is 276 g/mol. The molecule has 0 amide bonds. The molecule has 0 aliphatic carbocycles. The molecular weight excluding hydrogens is 244 g/mol. The third-order valence-electron chi connectivity index (χ3n) is 4.98. The lowest BCUT2D eigenvalue weighted by Crippen LogP contribution is -2.52. The van der Waals surface area contributed by atoms with Gasteiger partial charge in [-0.2, -0.15) is 0 Å². The second-order valence-electron chi connectivity index (χ2n) is 7.05. The highest BCUT2D eigenvalue weighted by Crippen LogP contribution is 2.39. The summed E-state index contributed by atoms with van der Waals surface area (Å²) in [6.45, 7) is 15.0. The lowest BCUT2D eigenvalue weighted by molar-refractivity contribution is 0.136. The molecule has 2 heterocycles. The standard InChI is InChI=1S/C18H32N2/c1-12(2)17-14(5)9-10-16-15(19-6)8-7-11-20(16)18(17)13(3)4/h12-13,15-16,19H,5,7-11H2,1-4,6H3. The molecule has 2 heteroatoms. The van der Waals surface area contributed by atoms with Crippen LogP contribution < -0.4 is 5.32 Å². The summed E-state index contributed by atoms with van der Waals surface area (Å²) < 4.78 is 0. The molecule has 1 fully saturated rings. The molecule has 114 valence electrons. The number of rotatable bonds is 3. The summed E-state index contributed by atoms with van der Waals surface area (Å²) >= 11 is 0. The molecule has 0 radical (unpaired) electrons. The van der Waals surface area contributed by atoms with Gasteiger partial charge in [-0.25, -0.2) is 0 Å². The summed E-state index contributed by atoms with van der Waals surface area (Å²) in [6, 6.07) is 1.29. The van der Waals surface area contributed by atoms with Crippen LogP contribution in [0, 0.1) is 11.8 Å². The van der Waals surface area contributed by atoms with Crippen LogP contribution in [-0.2, 0) is 0 Å². The largest absolute Gasteiger partial charge is 0.370 e. The molecule has 2 nitrogen and oxygen atoms in total. The molecule has 0 aromatic heterocycles. The van der Waals surface area contributed by atoms with E-state index in [4.69, 9.17) is 0 Å². The van der Waals surface area contributed by atoms with Crippen molar-refractivity contribution in [2.75, 3.05) is 13.6 Å². The molecular formula is C18H32N2. The number of hydrogen-bond donors (Lipinski definition) is 1. The number of fused-ring (bicyclic) bond motifs is 1. The van der Waals surface area contributed by atoms with Crippen molar-refractivity contribution in [1.29, 1.82) is 0 Å². The van der Waals surface area contributed by atoms with Crippen LogP contribution in [0.25, 0.3) is 0 Å². The van der Waals surface area contributed by atoms with Crippen LogP contribution in [0.15, 0.2) is 23.4 Å². The van der Waals surface area contributed by atoms with Crippen molar-refractivity contribution in [3.8, 4) is 0 Å². The van der Waals surface area contributed by atoms with Gasteiger partial charge >= 0.3 is 0 Å². The summed E-state index contributed by atoms with van der Waals surface area (Å²) in [4.78, 5) is 2.73. The molecule has 2 unspecified atom stereocenters. The minimum absolute atomic E-state index is 0.577. The lowest BCUT2D eigenvalue weighted by Gasteiger charge is -2.45. The van der Waals surface area contributed by atoms with E-state index in [9.17, 15) is 0 Å². The van der Waals surface area contributed by atoms with Crippen LogP contribution in [0.4, 0.5) is 0 Å². The maximum Gasteiger partial charge on any atom is 0.0443 e. The van der Waals surface area contributed by atoms with Crippen LogP contribution >= 0.6 is 0 Å². The van der Waals surface area contributed by atoms with E-state index in [2.05, 4.69) is 51.5 Å². The Morgan fingerprint density at radius 1 is 1.15 bits per heavy atom. The smallest absolute Gasteiger partial charge is 0.0443 e. The first-order valence-corrected chi connectivity index (χ1v) is 8.33. The minimum atomic E-state index is 0.577. The summed E-state index contributed by atoms with van der Waals surface area (Å²) in [5.74, 6) is 1.16. The van der Waals surface area contributed by atoms with Crippen molar-refractivity contribution < 1.29 is 0 Å². The number of nitrogens with one attached hydrogen (secondary N) is 1. The Kier molecular flexibility index (Phi) is 4.95. The normalized spacial score (nSPS) is 28.1. The third kappa shape index (κ3) is 2.81. The van der Waals surface area contributed by atoms with Crippen molar-refractivity contribution in [1.82, 2.24) is 10.2 Å². The summed E-state index contributed by atoms with van der Waals surface area (Å²) in [5, 5.41) is 3.56. The average molecular weight is 276 g/mol. The third-order valence-corrected chi connectivity index (χ3v) is 4.98. The molecule has 0 spiro atoms.